The fourth-order valence-electron chi connectivity index (χ4n) is 3.53. The molecule has 1 aromatic carbocycles. The Hall–Kier alpha value is -3.00. The highest BCUT2D eigenvalue weighted by atomic mass is 16.5. The first kappa shape index (κ1) is 18.4. The third-order valence-corrected chi connectivity index (χ3v) is 5.21. The molecule has 146 valence electrons. The largest absolute Gasteiger partial charge is 0.373 e. The predicted molar refractivity (Wildman–Crippen MR) is 107 cm³/mol. The van der Waals surface area contributed by atoms with Crippen LogP contribution in [0.1, 0.15) is 38.4 Å². The Balaban J connectivity index is 1.63. The van der Waals surface area contributed by atoms with Gasteiger partial charge in [-0.1, -0.05) is 18.2 Å². The molecule has 3 heterocycles. The summed E-state index contributed by atoms with van der Waals surface area (Å²) in [6, 6.07) is 8.20. The summed E-state index contributed by atoms with van der Waals surface area (Å²) in [6.07, 6.45) is 3.63. The fourth-order valence-corrected chi connectivity index (χ4v) is 3.53. The van der Waals surface area contributed by atoms with Gasteiger partial charge in [-0.3, -0.25) is 14.6 Å². The maximum atomic E-state index is 12.8. The number of nitrogens with zero attached hydrogens (tertiary/aromatic N) is 3. The Morgan fingerprint density at radius 3 is 2.96 bits per heavy atom. The predicted octanol–water partition coefficient (Wildman–Crippen LogP) is 2.07. The molecular formula is C20H23N5O3. The van der Waals surface area contributed by atoms with Crippen molar-refractivity contribution in [2.75, 3.05) is 18.5 Å². The third-order valence-electron chi connectivity index (χ3n) is 5.21. The molecule has 2 N–H and O–H groups in total. The zero-order valence-corrected chi connectivity index (χ0v) is 15.9. The van der Waals surface area contributed by atoms with Crippen molar-refractivity contribution >= 4 is 16.7 Å². The van der Waals surface area contributed by atoms with Crippen molar-refractivity contribution < 1.29 is 4.74 Å². The highest BCUT2D eigenvalue weighted by Gasteiger charge is 2.29. The van der Waals surface area contributed by atoms with Gasteiger partial charge in [0, 0.05) is 24.6 Å². The van der Waals surface area contributed by atoms with E-state index >= 15 is 0 Å². The average Bonchev–Trinajstić information content (AvgIpc) is 3.13. The van der Waals surface area contributed by atoms with E-state index in [-0.39, 0.29) is 16.7 Å². The molecule has 0 saturated carbocycles. The van der Waals surface area contributed by atoms with Crippen molar-refractivity contribution in [1.82, 2.24) is 19.7 Å². The number of nitrogens with one attached hydrogen (secondary N) is 2. The Kier molecular flexibility index (Phi) is 4.72. The van der Waals surface area contributed by atoms with Crippen molar-refractivity contribution in [2.24, 2.45) is 0 Å². The van der Waals surface area contributed by atoms with Crippen LogP contribution in [0.3, 0.4) is 0 Å². The van der Waals surface area contributed by atoms with E-state index in [1.807, 2.05) is 25.1 Å². The van der Waals surface area contributed by atoms with Crippen LogP contribution in [0.2, 0.25) is 0 Å². The number of fused-ring (bicyclic) bond motifs is 1. The molecule has 28 heavy (non-hydrogen) atoms. The number of aromatic amines is 1. The molecule has 1 aliphatic rings. The molecule has 3 aromatic rings. The zero-order valence-electron chi connectivity index (χ0n) is 15.9. The number of rotatable bonds is 5. The number of H-pyrrole nitrogens is 1. The Morgan fingerprint density at radius 2 is 2.18 bits per heavy atom. The SMILES string of the molecule is CC(c1cc(=O)[nH]c(NCC2(C)CCCO2)n1)n1ncc2ccccc2c1=O. The van der Waals surface area contributed by atoms with Crippen LogP contribution in [0.15, 0.2) is 46.1 Å². The van der Waals surface area contributed by atoms with Gasteiger partial charge in [0.05, 0.1) is 28.9 Å². The monoisotopic (exact) mass is 381 g/mol. The van der Waals surface area contributed by atoms with Crippen LogP contribution >= 0.6 is 0 Å². The van der Waals surface area contributed by atoms with E-state index in [1.54, 1.807) is 19.2 Å². The second kappa shape index (κ2) is 7.20. The fraction of sp³-hybridized carbons (Fsp3) is 0.400. The summed E-state index contributed by atoms with van der Waals surface area (Å²) in [6.45, 7) is 5.13. The lowest BCUT2D eigenvalue weighted by atomic mass is 10.0. The topological polar surface area (TPSA) is 102 Å². The molecule has 1 aliphatic heterocycles. The van der Waals surface area contributed by atoms with E-state index < -0.39 is 6.04 Å². The first-order valence-corrected chi connectivity index (χ1v) is 9.41. The van der Waals surface area contributed by atoms with Crippen LogP contribution in [-0.2, 0) is 4.74 Å². The van der Waals surface area contributed by atoms with E-state index in [9.17, 15) is 9.59 Å². The highest BCUT2D eigenvalue weighted by Crippen LogP contribution is 2.25. The lowest BCUT2D eigenvalue weighted by Gasteiger charge is -2.23. The smallest absolute Gasteiger partial charge is 0.275 e. The maximum absolute atomic E-state index is 12.8. The summed E-state index contributed by atoms with van der Waals surface area (Å²) in [5, 5.41) is 8.79. The standard InChI is InChI=1S/C20H23N5O3/c1-13(25-18(27)15-7-4-3-6-14(15)11-22-25)16-10-17(26)24-19(23-16)21-12-20(2)8-5-9-28-20/h3-4,6-7,10-11,13H,5,8-9,12H2,1-2H3,(H2,21,23,24,26). The van der Waals surface area contributed by atoms with Crippen LogP contribution in [0.5, 0.6) is 0 Å². The van der Waals surface area contributed by atoms with E-state index in [1.165, 1.54) is 10.7 Å². The molecule has 1 fully saturated rings. The van der Waals surface area contributed by atoms with Gasteiger partial charge in [0.15, 0.2) is 0 Å². The van der Waals surface area contributed by atoms with Gasteiger partial charge in [0.2, 0.25) is 5.95 Å². The van der Waals surface area contributed by atoms with Gasteiger partial charge < -0.3 is 10.1 Å². The molecule has 1 saturated heterocycles. The molecule has 2 atom stereocenters. The van der Waals surface area contributed by atoms with Gasteiger partial charge in [-0.2, -0.15) is 5.10 Å². The van der Waals surface area contributed by atoms with Crippen molar-refractivity contribution in [1.29, 1.82) is 0 Å². The Morgan fingerprint density at radius 1 is 1.36 bits per heavy atom. The number of hydrogen-bond donors (Lipinski definition) is 2. The number of anilines is 1. The maximum Gasteiger partial charge on any atom is 0.275 e. The summed E-state index contributed by atoms with van der Waals surface area (Å²) in [5.41, 5.74) is -0.301. The molecule has 0 bridgehead atoms. The van der Waals surface area contributed by atoms with Gasteiger partial charge in [-0.05, 0) is 32.8 Å². The molecule has 8 nitrogen and oxygen atoms in total. The van der Waals surface area contributed by atoms with E-state index in [2.05, 4.69) is 20.4 Å². The minimum atomic E-state index is -0.488. The number of aromatic nitrogens is 4. The van der Waals surface area contributed by atoms with Crippen LogP contribution in [0, 0.1) is 0 Å². The van der Waals surface area contributed by atoms with E-state index in [4.69, 9.17) is 4.74 Å². The van der Waals surface area contributed by atoms with E-state index in [0.717, 1.165) is 24.8 Å². The average molecular weight is 381 g/mol. The molecule has 8 heteroatoms. The molecule has 0 radical (unpaired) electrons. The number of hydrogen-bond acceptors (Lipinski definition) is 6. The Bertz CT molecular complexity index is 1110. The van der Waals surface area contributed by atoms with Crippen molar-refractivity contribution in [2.45, 2.75) is 38.3 Å². The molecule has 0 aliphatic carbocycles. The van der Waals surface area contributed by atoms with E-state index in [0.29, 0.717) is 23.6 Å². The zero-order chi connectivity index (χ0) is 19.7. The highest BCUT2D eigenvalue weighted by molar-refractivity contribution is 5.80. The van der Waals surface area contributed by atoms with Crippen molar-refractivity contribution in [3.63, 3.8) is 0 Å². The lowest BCUT2D eigenvalue weighted by molar-refractivity contribution is 0.0314. The summed E-state index contributed by atoms with van der Waals surface area (Å²) in [7, 11) is 0. The van der Waals surface area contributed by atoms with Crippen LogP contribution in [-0.4, -0.2) is 38.5 Å². The van der Waals surface area contributed by atoms with Gasteiger partial charge in [0.1, 0.15) is 0 Å². The second-order valence-electron chi connectivity index (χ2n) is 7.43. The normalized spacial score (nSPS) is 20.4. The summed E-state index contributed by atoms with van der Waals surface area (Å²) in [4.78, 5) is 32.2. The Labute approximate surface area is 161 Å². The van der Waals surface area contributed by atoms with Gasteiger partial charge >= 0.3 is 0 Å². The van der Waals surface area contributed by atoms with Gasteiger partial charge in [0.25, 0.3) is 11.1 Å². The minimum Gasteiger partial charge on any atom is -0.373 e. The first-order valence-electron chi connectivity index (χ1n) is 9.41. The van der Waals surface area contributed by atoms with Gasteiger partial charge in [-0.15, -0.1) is 0 Å². The van der Waals surface area contributed by atoms with Crippen molar-refractivity contribution in [3.8, 4) is 0 Å². The number of ether oxygens (including phenoxy) is 1. The molecular weight excluding hydrogens is 358 g/mol. The summed E-state index contributed by atoms with van der Waals surface area (Å²) in [5.74, 6) is 0.361. The molecule has 4 rings (SSSR count). The molecule has 0 spiro atoms. The minimum absolute atomic E-state index is 0.214. The number of benzene rings is 1. The van der Waals surface area contributed by atoms with Gasteiger partial charge in [-0.25, -0.2) is 9.67 Å². The lowest BCUT2D eigenvalue weighted by Crippen LogP contribution is -2.34. The van der Waals surface area contributed by atoms with Crippen molar-refractivity contribution in [3.05, 3.63) is 62.9 Å². The summed E-state index contributed by atoms with van der Waals surface area (Å²) < 4.78 is 7.11. The molecule has 2 unspecified atom stereocenters. The summed E-state index contributed by atoms with van der Waals surface area (Å²) >= 11 is 0. The first-order chi connectivity index (χ1) is 13.5. The van der Waals surface area contributed by atoms with Crippen LogP contribution in [0.25, 0.3) is 10.8 Å². The molecule has 2 aromatic heterocycles. The molecule has 0 amide bonds. The third kappa shape index (κ3) is 3.55. The van der Waals surface area contributed by atoms with Crippen LogP contribution < -0.4 is 16.4 Å². The quantitative estimate of drug-likeness (QED) is 0.701. The second-order valence-corrected chi connectivity index (χ2v) is 7.43. The van der Waals surface area contributed by atoms with Crippen LogP contribution in [0.4, 0.5) is 5.95 Å².